The van der Waals surface area contributed by atoms with Gasteiger partial charge in [0.1, 0.15) is 17.2 Å². The van der Waals surface area contributed by atoms with Crippen LogP contribution in [0.4, 0.5) is 8.78 Å². The van der Waals surface area contributed by atoms with Gasteiger partial charge in [0.25, 0.3) is 0 Å². The van der Waals surface area contributed by atoms with E-state index in [0.717, 1.165) is 11.6 Å². The van der Waals surface area contributed by atoms with E-state index in [-0.39, 0.29) is 11.4 Å². The van der Waals surface area contributed by atoms with Crippen LogP contribution in [0.2, 0.25) is 0 Å². The summed E-state index contributed by atoms with van der Waals surface area (Å²) >= 11 is 5.85. The summed E-state index contributed by atoms with van der Waals surface area (Å²) in [6.07, 6.45) is 3.53. The van der Waals surface area contributed by atoms with Gasteiger partial charge in [0.05, 0.1) is 24.1 Å². The van der Waals surface area contributed by atoms with Gasteiger partial charge >= 0.3 is 0 Å². The lowest BCUT2D eigenvalue weighted by Gasteiger charge is -2.06. The maximum atomic E-state index is 13.7. The van der Waals surface area contributed by atoms with Crippen LogP contribution in [0.25, 0.3) is 11.0 Å². The van der Waals surface area contributed by atoms with E-state index in [1.54, 1.807) is 22.5 Å². The molecule has 104 valence electrons. The number of aromatic nitrogens is 4. The highest BCUT2D eigenvalue weighted by atomic mass is 35.5. The molecule has 0 aliphatic carbocycles. The third-order valence-electron chi connectivity index (χ3n) is 3.07. The Morgan fingerprint density at radius 3 is 2.75 bits per heavy atom. The third kappa shape index (κ3) is 2.16. The highest BCUT2D eigenvalue weighted by molar-refractivity contribution is 6.16. The number of hydrogen-bond donors (Lipinski definition) is 0. The number of halogens is 3. The molecule has 0 fully saturated rings. The van der Waals surface area contributed by atoms with Crippen LogP contribution in [0.15, 0.2) is 24.5 Å². The third-order valence-corrected chi connectivity index (χ3v) is 3.31. The van der Waals surface area contributed by atoms with Crippen LogP contribution >= 0.6 is 11.6 Å². The zero-order valence-electron chi connectivity index (χ0n) is 10.6. The van der Waals surface area contributed by atoms with Crippen molar-refractivity contribution in [3.63, 3.8) is 0 Å². The SMILES string of the molecule is Cn1cc(Cn2c(CCl)nc3c(F)cc(F)cc32)cn1. The molecule has 3 rings (SSSR count). The van der Waals surface area contributed by atoms with Gasteiger partial charge < -0.3 is 4.57 Å². The fourth-order valence-electron chi connectivity index (χ4n) is 2.21. The molecule has 3 aromatic rings. The summed E-state index contributed by atoms with van der Waals surface area (Å²) in [4.78, 5) is 4.14. The number of rotatable bonds is 3. The van der Waals surface area contributed by atoms with Gasteiger partial charge in [0.2, 0.25) is 0 Å². The molecule has 0 atom stereocenters. The van der Waals surface area contributed by atoms with Crippen molar-refractivity contribution in [3.8, 4) is 0 Å². The maximum absolute atomic E-state index is 13.7. The summed E-state index contributed by atoms with van der Waals surface area (Å²) in [7, 11) is 1.80. The van der Waals surface area contributed by atoms with Crippen molar-refractivity contribution in [2.24, 2.45) is 7.05 Å². The van der Waals surface area contributed by atoms with Crippen LogP contribution < -0.4 is 0 Å². The average molecular weight is 297 g/mol. The monoisotopic (exact) mass is 296 g/mol. The molecular weight excluding hydrogens is 286 g/mol. The molecular formula is C13H11ClF2N4. The number of benzene rings is 1. The summed E-state index contributed by atoms with van der Waals surface area (Å²) in [5.74, 6) is -0.703. The lowest BCUT2D eigenvalue weighted by atomic mass is 10.3. The average Bonchev–Trinajstić information content (AvgIpc) is 2.95. The second-order valence-corrected chi connectivity index (χ2v) is 4.79. The van der Waals surface area contributed by atoms with Crippen LogP contribution in [-0.4, -0.2) is 19.3 Å². The summed E-state index contributed by atoms with van der Waals surface area (Å²) in [5, 5.41) is 4.07. The minimum Gasteiger partial charge on any atom is -0.322 e. The second-order valence-electron chi connectivity index (χ2n) is 4.53. The molecule has 0 saturated carbocycles. The molecule has 4 nitrogen and oxygen atoms in total. The first kappa shape index (κ1) is 13.1. The fourth-order valence-corrected chi connectivity index (χ4v) is 2.42. The van der Waals surface area contributed by atoms with Gasteiger partial charge in [-0.15, -0.1) is 11.6 Å². The quantitative estimate of drug-likeness (QED) is 0.697. The van der Waals surface area contributed by atoms with Gasteiger partial charge in [-0.2, -0.15) is 5.10 Å². The van der Waals surface area contributed by atoms with Crippen molar-refractivity contribution in [3.05, 3.63) is 47.5 Å². The first-order chi connectivity index (χ1) is 9.58. The Hall–Kier alpha value is -1.95. The van der Waals surface area contributed by atoms with Gasteiger partial charge in [-0.25, -0.2) is 13.8 Å². The van der Waals surface area contributed by atoms with Gasteiger partial charge in [-0.3, -0.25) is 4.68 Å². The smallest absolute Gasteiger partial charge is 0.153 e. The van der Waals surface area contributed by atoms with E-state index < -0.39 is 11.6 Å². The molecule has 0 amide bonds. The van der Waals surface area contributed by atoms with Crippen LogP contribution in [0, 0.1) is 11.6 Å². The minimum absolute atomic E-state index is 0.121. The van der Waals surface area contributed by atoms with Crippen LogP contribution in [0.3, 0.4) is 0 Å². The Balaban J connectivity index is 2.17. The highest BCUT2D eigenvalue weighted by Gasteiger charge is 2.15. The normalized spacial score (nSPS) is 11.4. The first-order valence-corrected chi connectivity index (χ1v) is 6.49. The van der Waals surface area contributed by atoms with Crippen LogP contribution in [0.1, 0.15) is 11.4 Å². The van der Waals surface area contributed by atoms with Crippen molar-refractivity contribution in [2.75, 3.05) is 0 Å². The van der Waals surface area contributed by atoms with Crippen molar-refractivity contribution in [1.82, 2.24) is 19.3 Å². The Labute approximate surface area is 118 Å². The van der Waals surface area contributed by atoms with Crippen molar-refractivity contribution < 1.29 is 8.78 Å². The van der Waals surface area contributed by atoms with Crippen LogP contribution in [-0.2, 0) is 19.5 Å². The van der Waals surface area contributed by atoms with Gasteiger partial charge in [-0.1, -0.05) is 0 Å². The van der Waals surface area contributed by atoms with Gasteiger partial charge in [-0.05, 0) is 6.07 Å². The molecule has 0 bridgehead atoms. The predicted molar refractivity (Wildman–Crippen MR) is 71.5 cm³/mol. The molecule has 0 unspecified atom stereocenters. The molecule has 0 N–H and O–H groups in total. The number of aryl methyl sites for hydroxylation is 1. The Kier molecular flexibility index (Phi) is 3.17. The molecule has 0 saturated heterocycles. The maximum Gasteiger partial charge on any atom is 0.153 e. The van der Waals surface area contributed by atoms with E-state index in [1.165, 1.54) is 6.07 Å². The summed E-state index contributed by atoms with van der Waals surface area (Å²) in [5.41, 5.74) is 1.43. The molecule has 1 aromatic carbocycles. The molecule has 7 heteroatoms. The highest BCUT2D eigenvalue weighted by Crippen LogP contribution is 2.23. The van der Waals surface area contributed by atoms with E-state index in [9.17, 15) is 8.78 Å². The number of nitrogens with zero attached hydrogens (tertiary/aromatic N) is 4. The molecule has 20 heavy (non-hydrogen) atoms. The van der Waals surface area contributed by atoms with Crippen LogP contribution in [0.5, 0.6) is 0 Å². The van der Waals surface area contributed by atoms with E-state index in [0.29, 0.717) is 17.9 Å². The molecule has 0 aliphatic heterocycles. The number of fused-ring (bicyclic) bond motifs is 1. The fraction of sp³-hybridized carbons (Fsp3) is 0.231. The molecule has 0 spiro atoms. The standard InChI is InChI=1S/C13H11ClF2N4/c1-19-6-8(5-17-19)7-20-11-3-9(15)2-10(16)13(11)18-12(20)4-14/h2-3,5-6H,4,7H2,1H3. The summed E-state index contributed by atoms with van der Waals surface area (Å²) in [6.45, 7) is 0.412. The topological polar surface area (TPSA) is 35.6 Å². The minimum atomic E-state index is -0.684. The van der Waals surface area contributed by atoms with E-state index in [2.05, 4.69) is 10.1 Å². The first-order valence-electron chi connectivity index (χ1n) is 5.96. The zero-order valence-corrected chi connectivity index (χ0v) is 11.4. The number of imidazole rings is 1. The van der Waals surface area contributed by atoms with Gasteiger partial charge in [0, 0.05) is 24.9 Å². The predicted octanol–water partition coefficient (Wildman–Crippen LogP) is 2.84. The van der Waals surface area contributed by atoms with Crippen molar-refractivity contribution >= 4 is 22.6 Å². The lowest BCUT2D eigenvalue weighted by Crippen LogP contribution is -2.03. The molecule has 2 aromatic heterocycles. The zero-order chi connectivity index (χ0) is 14.3. The summed E-state index contributed by atoms with van der Waals surface area (Å²) < 4.78 is 30.5. The van der Waals surface area contributed by atoms with Crippen molar-refractivity contribution in [2.45, 2.75) is 12.4 Å². The van der Waals surface area contributed by atoms with Gasteiger partial charge in [0.15, 0.2) is 5.82 Å². The molecule has 0 radical (unpaired) electrons. The Morgan fingerprint density at radius 2 is 2.10 bits per heavy atom. The lowest BCUT2D eigenvalue weighted by molar-refractivity contribution is 0.590. The van der Waals surface area contributed by atoms with E-state index in [1.807, 2.05) is 6.20 Å². The molecule has 2 heterocycles. The molecule has 0 aliphatic rings. The Bertz CT molecular complexity index is 778. The van der Waals surface area contributed by atoms with Crippen molar-refractivity contribution in [1.29, 1.82) is 0 Å². The Morgan fingerprint density at radius 1 is 1.30 bits per heavy atom. The largest absolute Gasteiger partial charge is 0.322 e. The number of alkyl halides is 1. The van der Waals surface area contributed by atoms with E-state index >= 15 is 0 Å². The second kappa shape index (κ2) is 4.86. The van der Waals surface area contributed by atoms with E-state index in [4.69, 9.17) is 11.6 Å². The number of hydrogen-bond acceptors (Lipinski definition) is 2. The summed E-state index contributed by atoms with van der Waals surface area (Å²) in [6, 6.07) is 2.08.